The van der Waals surface area contributed by atoms with Gasteiger partial charge in [-0.3, -0.25) is 4.68 Å². The maximum Gasteiger partial charge on any atom is 0.123 e. The molecule has 1 N–H and O–H groups in total. The van der Waals surface area contributed by atoms with Crippen molar-refractivity contribution in [1.29, 1.82) is 0 Å². The third-order valence-corrected chi connectivity index (χ3v) is 5.41. The van der Waals surface area contributed by atoms with Crippen molar-refractivity contribution < 1.29 is 4.74 Å². The highest BCUT2D eigenvalue weighted by Gasteiger charge is 2.31. The van der Waals surface area contributed by atoms with Crippen LogP contribution in [0.15, 0.2) is 30.5 Å². The maximum absolute atomic E-state index is 6.07. The molecule has 6 nitrogen and oxygen atoms in total. The number of hydrogen-bond donors (Lipinski definition) is 1. The predicted octanol–water partition coefficient (Wildman–Crippen LogP) is 3.31. The van der Waals surface area contributed by atoms with Crippen LogP contribution in [-0.2, 0) is 24.9 Å². The first-order chi connectivity index (χ1) is 12.7. The number of hydrogen-bond acceptors (Lipinski definition) is 4. The van der Waals surface area contributed by atoms with Crippen molar-refractivity contribution >= 4 is 22.6 Å². The summed E-state index contributed by atoms with van der Waals surface area (Å²) in [7, 11) is 2.04. The SMILES string of the molecule is CCn1nccc1[C@@H]1OCC[C@H]1CNCc1nc2cc(Cl)ccc2n1C. The molecule has 138 valence electrons. The van der Waals surface area contributed by atoms with Gasteiger partial charge in [-0.2, -0.15) is 5.10 Å². The Morgan fingerprint density at radius 2 is 2.23 bits per heavy atom. The molecule has 0 saturated carbocycles. The van der Waals surface area contributed by atoms with Gasteiger partial charge in [-0.15, -0.1) is 0 Å². The molecule has 0 spiro atoms. The first-order valence-corrected chi connectivity index (χ1v) is 9.50. The molecule has 0 bridgehead atoms. The first kappa shape index (κ1) is 17.5. The van der Waals surface area contributed by atoms with Gasteiger partial charge in [0.15, 0.2) is 0 Å². The molecule has 3 aromatic rings. The second-order valence-electron chi connectivity index (χ2n) is 6.76. The van der Waals surface area contributed by atoms with Gasteiger partial charge in [0.05, 0.1) is 23.3 Å². The highest BCUT2D eigenvalue weighted by Crippen LogP contribution is 2.34. The summed E-state index contributed by atoms with van der Waals surface area (Å²) in [4.78, 5) is 4.70. The van der Waals surface area contributed by atoms with Gasteiger partial charge in [-0.25, -0.2) is 4.98 Å². The van der Waals surface area contributed by atoms with Gasteiger partial charge in [-0.1, -0.05) is 11.6 Å². The van der Waals surface area contributed by atoms with Crippen molar-refractivity contribution in [2.45, 2.75) is 32.5 Å². The molecular weight excluding hydrogens is 350 g/mol. The summed E-state index contributed by atoms with van der Waals surface area (Å²) in [5, 5.41) is 8.66. The lowest BCUT2D eigenvalue weighted by molar-refractivity contribution is 0.0829. The fourth-order valence-corrected chi connectivity index (χ4v) is 3.94. The van der Waals surface area contributed by atoms with Crippen molar-refractivity contribution in [3.05, 3.63) is 47.0 Å². The number of aromatic nitrogens is 4. The van der Waals surface area contributed by atoms with E-state index in [0.29, 0.717) is 10.9 Å². The third kappa shape index (κ3) is 3.24. The molecule has 7 heteroatoms. The van der Waals surface area contributed by atoms with Crippen LogP contribution in [0.3, 0.4) is 0 Å². The van der Waals surface area contributed by atoms with Gasteiger partial charge < -0.3 is 14.6 Å². The molecule has 1 saturated heterocycles. The maximum atomic E-state index is 6.07. The Hall–Kier alpha value is -1.89. The molecule has 3 heterocycles. The predicted molar refractivity (Wildman–Crippen MR) is 102 cm³/mol. The summed E-state index contributed by atoms with van der Waals surface area (Å²) in [6, 6.07) is 7.90. The van der Waals surface area contributed by atoms with Gasteiger partial charge in [-0.05, 0) is 37.6 Å². The van der Waals surface area contributed by atoms with Gasteiger partial charge in [0.1, 0.15) is 11.9 Å². The van der Waals surface area contributed by atoms with Gasteiger partial charge in [0, 0.05) is 43.9 Å². The Morgan fingerprint density at radius 3 is 3.08 bits per heavy atom. The van der Waals surface area contributed by atoms with Crippen LogP contribution >= 0.6 is 11.6 Å². The van der Waals surface area contributed by atoms with E-state index in [0.717, 1.165) is 49.5 Å². The van der Waals surface area contributed by atoms with Gasteiger partial charge in [0.2, 0.25) is 0 Å². The number of benzene rings is 1. The molecule has 2 atom stereocenters. The Kier molecular flexibility index (Phi) is 4.98. The van der Waals surface area contributed by atoms with E-state index in [2.05, 4.69) is 28.0 Å². The summed E-state index contributed by atoms with van der Waals surface area (Å²) in [6.07, 6.45) is 3.03. The molecule has 1 aromatic carbocycles. The second kappa shape index (κ2) is 7.39. The fourth-order valence-electron chi connectivity index (χ4n) is 3.77. The van der Waals surface area contributed by atoms with Crippen molar-refractivity contribution in [2.75, 3.05) is 13.2 Å². The smallest absolute Gasteiger partial charge is 0.123 e. The van der Waals surface area contributed by atoms with E-state index in [9.17, 15) is 0 Å². The molecule has 0 aliphatic carbocycles. The Labute approximate surface area is 158 Å². The lowest BCUT2D eigenvalue weighted by Crippen LogP contribution is -2.26. The molecule has 1 fully saturated rings. The zero-order chi connectivity index (χ0) is 18.1. The zero-order valence-electron chi connectivity index (χ0n) is 15.2. The minimum absolute atomic E-state index is 0.115. The van der Waals surface area contributed by atoms with Crippen molar-refractivity contribution in [1.82, 2.24) is 24.6 Å². The molecular formula is C19H24ClN5O. The summed E-state index contributed by atoms with van der Waals surface area (Å²) in [6.45, 7) is 5.39. The molecule has 0 amide bonds. The molecule has 2 aromatic heterocycles. The highest BCUT2D eigenvalue weighted by molar-refractivity contribution is 6.31. The monoisotopic (exact) mass is 373 g/mol. The normalized spacial score (nSPS) is 20.3. The number of fused-ring (bicyclic) bond motifs is 1. The van der Waals surface area contributed by atoms with Crippen LogP contribution in [0.1, 0.15) is 31.0 Å². The highest BCUT2D eigenvalue weighted by atomic mass is 35.5. The third-order valence-electron chi connectivity index (χ3n) is 5.18. The topological polar surface area (TPSA) is 56.9 Å². The first-order valence-electron chi connectivity index (χ1n) is 9.12. The average molecular weight is 374 g/mol. The Bertz CT molecular complexity index is 903. The van der Waals surface area contributed by atoms with Crippen molar-refractivity contribution in [3.8, 4) is 0 Å². The molecule has 0 unspecified atom stereocenters. The van der Waals surface area contributed by atoms with E-state index in [1.54, 1.807) is 0 Å². The van der Waals surface area contributed by atoms with Crippen molar-refractivity contribution in [2.24, 2.45) is 13.0 Å². The van der Waals surface area contributed by atoms with E-state index in [4.69, 9.17) is 21.3 Å². The number of nitrogens with one attached hydrogen (secondary N) is 1. The van der Waals surface area contributed by atoms with E-state index < -0.39 is 0 Å². The summed E-state index contributed by atoms with van der Waals surface area (Å²) in [5.74, 6) is 1.46. The standard InChI is InChI=1S/C19H24ClN5O/c1-3-25-17(6-8-22-25)19-13(7-9-26-19)11-21-12-18-23-15-10-14(20)4-5-16(15)24(18)2/h4-6,8,10,13,19,21H,3,7,9,11-12H2,1-2H3/t13-,19+/m0/s1. The van der Waals surface area contributed by atoms with Crippen LogP contribution < -0.4 is 5.32 Å². The number of ether oxygens (including phenoxy) is 1. The largest absolute Gasteiger partial charge is 0.372 e. The summed E-state index contributed by atoms with van der Waals surface area (Å²) >= 11 is 6.07. The van der Waals surface area contributed by atoms with E-state index in [-0.39, 0.29) is 6.10 Å². The Morgan fingerprint density at radius 1 is 1.35 bits per heavy atom. The lowest BCUT2D eigenvalue weighted by Gasteiger charge is -2.20. The fraction of sp³-hybridized carbons (Fsp3) is 0.474. The molecule has 26 heavy (non-hydrogen) atoms. The van der Waals surface area contributed by atoms with Crippen LogP contribution in [0.25, 0.3) is 11.0 Å². The number of rotatable bonds is 6. The molecule has 1 aliphatic heterocycles. The van der Waals surface area contributed by atoms with E-state index in [1.807, 2.05) is 36.1 Å². The quantitative estimate of drug-likeness (QED) is 0.720. The molecule has 0 radical (unpaired) electrons. The van der Waals surface area contributed by atoms with Crippen LogP contribution in [0.5, 0.6) is 0 Å². The minimum atomic E-state index is 0.115. The Balaban J connectivity index is 1.42. The number of halogens is 1. The second-order valence-corrected chi connectivity index (χ2v) is 7.20. The summed E-state index contributed by atoms with van der Waals surface area (Å²) < 4.78 is 10.1. The van der Waals surface area contributed by atoms with Crippen LogP contribution in [0, 0.1) is 5.92 Å². The van der Waals surface area contributed by atoms with Crippen molar-refractivity contribution in [3.63, 3.8) is 0 Å². The van der Waals surface area contributed by atoms with E-state index in [1.165, 1.54) is 5.69 Å². The van der Waals surface area contributed by atoms with Crippen LogP contribution in [0.4, 0.5) is 0 Å². The minimum Gasteiger partial charge on any atom is -0.372 e. The van der Waals surface area contributed by atoms with Gasteiger partial charge in [0.25, 0.3) is 0 Å². The van der Waals surface area contributed by atoms with Gasteiger partial charge >= 0.3 is 0 Å². The molecule has 1 aliphatic rings. The molecule has 4 rings (SSSR count). The van der Waals surface area contributed by atoms with Crippen LogP contribution in [-0.4, -0.2) is 32.5 Å². The lowest BCUT2D eigenvalue weighted by atomic mass is 9.99. The average Bonchev–Trinajstić information content (AvgIpc) is 3.34. The van der Waals surface area contributed by atoms with Crippen LogP contribution in [0.2, 0.25) is 5.02 Å². The van der Waals surface area contributed by atoms with E-state index >= 15 is 0 Å². The number of aryl methyl sites for hydroxylation is 2. The number of nitrogens with zero attached hydrogens (tertiary/aromatic N) is 4. The number of imidazole rings is 1. The zero-order valence-corrected chi connectivity index (χ0v) is 15.9. The summed E-state index contributed by atoms with van der Waals surface area (Å²) in [5.41, 5.74) is 3.21.